The zero-order chi connectivity index (χ0) is 26.2. The molecule has 2 heterocycles. The summed E-state index contributed by atoms with van der Waals surface area (Å²) in [4.78, 5) is 31.0. The van der Waals surface area contributed by atoms with Crippen molar-refractivity contribution >= 4 is 17.5 Å². The van der Waals surface area contributed by atoms with Crippen LogP contribution in [0.4, 0.5) is 0 Å². The molecule has 1 atom stereocenters. The molecule has 7 heteroatoms. The summed E-state index contributed by atoms with van der Waals surface area (Å²) >= 11 is 6.03. The lowest BCUT2D eigenvalue weighted by molar-refractivity contribution is 0.0726. The molecule has 35 heavy (non-hydrogen) atoms. The molecule has 1 saturated carbocycles. The molecule has 196 valence electrons. The fraction of sp³-hybridized carbons (Fsp3) is 0.679. The van der Waals surface area contributed by atoms with Crippen LogP contribution in [-0.4, -0.2) is 39.1 Å². The van der Waals surface area contributed by atoms with Gasteiger partial charge in [-0.2, -0.15) is 4.98 Å². The third-order valence-electron chi connectivity index (χ3n) is 7.71. The molecule has 3 rings (SSSR count). The zero-order valence-electron chi connectivity index (χ0n) is 22.5. The molecule has 1 fully saturated rings. The highest BCUT2D eigenvalue weighted by Crippen LogP contribution is 2.46. The zero-order valence-corrected chi connectivity index (χ0v) is 23.2. The third kappa shape index (κ3) is 6.99. The summed E-state index contributed by atoms with van der Waals surface area (Å²) in [7, 11) is 1.69. The van der Waals surface area contributed by atoms with Crippen molar-refractivity contribution < 1.29 is 9.90 Å². The van der Waals surface area contributed by atoms with Gasteiger partial charge in [0.1, 0.15) is 5.82 Å². The van der Waals surface area contributed by atoms with Gasteiger partial charge in [-0.25, -0.2) is 0 Å². The van der Waals surface area contributed by atoms with Crippen LogP contribution in [0.25, 0.3) is 0 Å². The average Bonchev–Trinajstić information content (AvgIpc) is 2.85. The third-order valence-corrected chi connectivity index (χ3v) is 7.87. The van der Waals surface area contributed by atoms with Crippen LogP contribution in [0.5, 0.6) is 5.75 Å². The van der Waals surface area contributed by atoms with E-state index in [-0.39, 0.29) is 17.0 Å². The number of likely N-dealkylation sites (N-methyl/N-ethyl adjacent to an activating group) is 1. The molecule has 0 saturated heterocycles. The maximum absolute atomic E-state index is 12.7. The van der Waals surface area contributed by atoms with Crippen LogP contribution in [0.1, 0.15) is 102 Å². The second kappa shape index (κ2) is 13.3. The van der Waals surface area contributed by atoms with Gasteiger partial charge in [-0.3, -0.25) is 9.59 Å². The van der Waals surface area contributed by atoms with E-state index in [4.69, 9.17) is 11.6 Å². The SMILES string of the molecule is CC.CC/C(=C/CC(C)C1(Cc2nc(=O)c(O)c3n2CCN(C)C3=O)CCCCC1)C/C=C(\C)Cl. The number of hydrogen-bond donors (Lipinski definition) is 1. The molecule has 0 spiro atoms. The molecule has 0 bridgehead atoms. The van der Waals surface area contributed by atoms with Crippen molar-refractivity contribution in [3.63, 3.8) is 0 Å². The number of aromatic hydroxyl groups is 1. The van der Waals surface area contributed by atoms with Gasteiger partial charge in [0.15, 0.2) is 5.69 Å². The minimum atomic E-state index is -0.699. The predicted octanol–water partition coefficient (Wildman–Crippen LogP) is 6.45. The van der Waals surface area contributed by atoms with Crippen molar-refractivity contribution in [2.24, 2.45) is 11.3 Å². The first-order valence-electron chi connectivity index (χ1n) is 13.3. The number of aromatic nitrogens is 2. The fourth-order valence-corrected chi connectivity index (χ4v) is 5.44. The number of allylic oxidation sites excluding steroid dienone is 4. The Labute approximate surface area is 216 Å². The Hall–Kier alpha value is -2.08. The summed E-state index contributed by atoms with van der Waals surface area (Å²) in [6.07, 6.45) is 13.7. The second-order valence-electron chi connectivity index (χ2n) is 9.86. The fourth-order valence-electron chi connectivity index (χ4n) is 5.37. The van der Waals surface area contributed by atoms with Gasteiger partial charge in [0, 0.05) is 31.6 Å². The maximum Gasteiger partial charge on any atom is 0.315 e. The number of fused-ring (bicyclic) bond motifs is 1. The highest BCUT2D eigenvalue weighted by Gasteiger charge is 2.39. The summed E-state index contributed by atoms with van der Waals surface area (Å²) in [5.74, 6) is 0.204. The van der Waals surface area contributed by atoms with Gasteiger partial charge in [0.05, 0.1) is 0 Å². The van der Waals surface area contributed by atoms with E-state index in [2.05, 4.69) is 31.0 Å². The molecule has 1 aliphatic heterocycles. The summed E-state index contributed by atoms with van der Waals surface area (Å²) in [5.41, 5.74) is 0.802. The molecule has 6 nitrogen and oxygen atoms in total. The van der Waals surface area contributed by atoms with Crippen LogP contribution in [0, 0.1) is 11.3 Å². The topological polar surface area (TPSA) is 75.4 Å². The number of carbonyl (C=O) groups excluding carboxylic acids is 1. The van der Waals surface area contributed by atoms with Crippen LogP contribution in [0.15, 0.2) is 27.6 Å². The number of rotatable bonds is 8. The molecule has 1 amide bonds. The Kier molecular flexibility index (Phi) is 11.1. The van der Waals surface area contributed by atoms with Gasteiger partial charge in [-0.1, -0.05) is 76.3 Å². The van der Waals surface area contributed by atoms with E-state index < -0.39 is 11.3 Å². The normalized spacial score (nSPS) is 19.1. The van der Waals surface area contributed by atoms with Gasteiger partial charge < -0.3 is 14.6 Å². The van der Waals surface area contributed by atoms with Crippen LogP contribution in [0.3, 0.4) is 0 Å². The smallest absolute Gasteiger partial charge is 0.315 e. The minimum Gasteiger partial charge on any atom is -0.501 e. The Morgan fingerprint density at radius 3 is 2.43 bits per heavy atom. The Morgan fingerprint density at radius 2 is 1.83 bits per heavy atom. The summed E-state index contributed by atoms with van der Waals surface area (Å²) in [6.45, 7) is 11.5. The van der Waals surface area contributed by atoms with E-state index in [9.17, 15) is 14.7 Å². The number of nitrogens with zero attached hydrogens (tertiary/aromatic N) is 3. The Morgan fingerprint density at radius 1 is 1.17 bits per heavy atom. The molecule has 0 radical (unpaired) electrons. The lowest BCUT2D eigenvalue weighted by Gasteiger charge is -2.43. The lowest BCUT2D eigenvalue weighted by Crippen LogP contribution is -2.43. The van der Waals surface area contributed by atoms with Crippen molar-refractivity contribution in [3.05, 3.63) is 44.6 Å². The van der Waals surface area contributed by atoms with Gasteiger partial charge in [-0.05, 0) is 50.4 Å². The van der Waals surface area contributed by atoms with E-state index >= 15 is 0 Å². The second-order valence-corrected chi connectivity index (χ2v) is 10.5. The van der Waals surface area contributed by atoms with Gasteiger partial charge in [-0.15, -0.1) is 0 Å². The maximum atomic E-state index is 12.7. The molecular formula is C28H44ClN3O3. The average molecular weight is 506 g/mol. The largest absolute Gasteiger partial charge is 0.501 e. The van der Waals surface area contributed by atoms with Crippen LogP contribution >= 0.6 is 11.6 Å². The monoisotopic (exact) mass is 505 g/mol. The molecule has 1 N–H and O–H groups in total. The highest BCUT2D eigenvalue weighted by atomic mass is 35.5. The van der Waals surface area contributed by atoms with Gasteiger partial charge in [0.25, 0.3) is 5.91 Å². The number of halogens is 1. The summed E-state index contributed by atoms with van der Waals surface area (Å²) < 4.78 is 1.80. The van der Waals surface area contributed by atoms with E-state index in [1.54, 1.807) is 16.5 Å². The van der Waals surface area contributed by atoms with Gasteiger partial charge >= 0.3 is 5.56 Å². The van der Waals surface area contributed by atoms with E-state index in [0.29, 0.717) is 31.3 Å². The predicted molar refractivity (Wildman–Crippen MR) is 144 cm³/mol. The first kappa shape index (κ1) is 29.2. The molecular weight excluding hydrogens is 462 g/mol. The first-order valence-corrected chi connectivity index (χ1v) is 13.6. The van der Waals surface area contributed by atoms with Crippen molar-refractivity contribution in [1.29, 1.82) is 0 Å². The summed E-state index contributed by atoms with van der Waals surface area (Å²) in [6, 6.07) is 0. The number of carbonyl (C=O) groups is 1. The Bertz CT molecular complexity index is 986. The van der Waals surface area contributed by atoms with E-state index in [1.807, 2.05) is 20.8 Å². The molecule has 2 aliphatic rings. The van der Waals surface area contributed by atoms with Crippen LogP contribution < -0.4 is 5.56 Å². The molecule has 1 aromatic heterocycles. The summed E-state index contributed by atoms with van der Waals surface area (Å²) in [5, 5.41) is 11.2. The van der Waals surface area contributed by atoms with Crippen molar-refractivity contribution in [3.8, 4) is 5.75 Å². The quantitative estimate of drug-likeness (QED) is 0.412. The van der Waals surface area contributed by atoms with Crippen LogP contribution in [0.2, 0.25) is 0 Å². The molecule has 1 aliphatic carbocycles. The lowest BCUT2D eigenvalue weighted by atomic mass is 9.63. The van der Waals surface area contributed by atoms with Gasteiger partial charge in [0.2, 0.25) is 5.75 Å². The number of hydrogen-bond acceptors (Lipinski definition) is 4. The molecule has 0 aromatic carbocycles. The molecule has 1 aromatic rings. The van der Waals surface area contributed by atoms with E-state index in [0.717, 1.165) is 37.1 Å². The van der Waals surface area contributed by atoms with E-state index in [1.165, 1.54) is 24.8 Å². The molecule has 1 unspecified atom stereocenters. The first-order chi connectivity index (χ1) is 16.7. The van der Waals surface area contributed by atoms with Crippen molar-refractivity contribution in [1.82, 2.24) is 14.5 Å². The standard InChI is InChI=1S/C26H38ClN3O3.C2H6/c1-5-20(12-10-19(3)27)11-9-18(2)26(13-7-6-8-14-26)17-21-28-24(32)23(31)22-25(33)29(4)15-16-30(21)22;1-2/h10-11,18,31H,5-9,12-17H2,1-4H3;1-2H3/b19-10+,20-11-;. The number of amides is 1. The van der Waals surface area contributed by atoms with Crippen LogP contribution in [-0.2, 0) is 13.0 Å². The van der Waals surface area contributed by atoms with Crippen molar-refractivity contribution in [2.75, 3.05) is 13.6 Å². The Balaban J connectivity index is 0.00000210. The van der Waals surface area contributed by atoms with Crippen molar-refractivity contribution in [2.45, 2.75) is 99.0 Å². The minimum absolute atomic E-state index is 0.0232. The highest BCUT2D eigenvalue weighted by molar-refractivity contribution is 6.29.